The van der Waals surface area contributed by atoms with Crippen molar-refractivity contribution >= 4 is 5.82 Å². The molecular weight excluding hydrogens is 262 g/mol. The van der Waals surface area contributed by atoms with Crippen LogP contribution in [0, 0.1) is 6.92 Å². The zero-order valence-corrected chi connectivity index (χ0v) is 12.1. The highest BCUT2D eigenvalue weighted by Gasteiger charge is 2.13. The van der Waals surface area contributed by atoms with E-state index in [1.165, 1.54) is 0 Å². The monoisotopic (exact) mass is 279 g/mol. The summed E-state index contributed by atoms with van der Waals surface area (Å²) < 4.78 is 1.89. The molecule has 5 heteroatoms. The van der Waals surface area contributed by atoms with Crippen molar-refractivity contribution in [3.63, 3.8) is 0 Å². The van der Waals surface area contributed by atoms with Gasteiger partial charge in [-0.25, -0.2) is 14.6 Å². The number of nitrogens with zero attached hydrogens (tertiary/aromatic N) is 4. The fourth-order valence-corrected chi connectivity index (χ4v) is 2.31. The van der Waals surface area contributed by atoms with Gasteiger partial charge >= 0.3 is 0 Å². The summed E-state index contributed by atoms with van der Waals surface area (Å²) in [6.45, 7) is 4.90. The largest absolute Gasteiger partial charge is 0.370 e. The van der Waals surface area contributed by atoms with Gasteiger partial charge in [-0.3, -0.25) is 0 Å². The Bertz CT molecular complexity index is 733. The van der Waals surface area contributed by atoms with E-state index in [-0.39, 0.29) is 0 Å². The second kappa shape index (κ2) is 5.75. The fourth-order valence-electron chi connectivity index (χ4n) is 2.31. The Hall–Kier alpha value is -2.69. The molecule has 0 bridgehead atoms. The highest BCUT2D eigenvalue weighted by molar-refractivity contribution is 5.66. The first kappa shape index (κ1) is 13.3. The summed E-state index contributed by atoms with van der Waals surface area (Å²) in [7, 11) is 0. The molecule has 106 valence electrons. The maximum atomic E-state index is 4.44. The molecule has 0 aliphatic carbocycles. The molecule has 2 heterocycles. The first-order valence-corrected chi connectivity index (χ1v) is 6.96. The minimum atomic E-state index is 0.829. The number of anilines is 1. The number of rotatable bonds is 4. The van der Waals surface area contributed by atoms with E-state index in [9.17, 15) is 0 Å². The maximum absolute atomic E-state index is 4.44. The lowest BCUT2D eigenvalue weighted by molar-refractivity contribution is 0.881. The molecule has 2 aromatic heterocycles. The molecule has 1 N–H and O–H groups in total. The van der Waals surface area contributed by atoms with Crippen molar-refractivity contribution in [1.82, 2.24) is 19.7 Å². The van der Waals surface area contributed by atoms with Gasteiger partial charge in [-0.2, -0.15) is 5.10 Å². The summed E-state index contributed by atoms with van der Waals surface area (Å²) in [6, 6.07) is 12.0. The molecule has 0 amide bonds. The van der Waals surface area contributed by atoms with E-state index in [4.69, 9.17) is 0 Å². The van der Waals surface area contributed by atoms with Crippen LogP contribution in [0.5, 0.6) is 0 Å². The van der Waals surface area contributed by atoms with E-state index in [0.717, 1.165) is 35.0 Å². The van der Waals surface area contributed by atoms with Gasteiger partial charge in [0.05, 0.1) is 23.3 Å². The summed E-state index contributed by atoms with van der Waals surface area (Å²) >= 11 is 0. The molecule has 0 aliphatic rings. The van der Waals surface area contributed by atoms with Crippen LogP contribution < -0.4 is 5.32 Å². The predicted octanol–water partition coefficient (Wildman–Crippen LogP) is 3.07. The number of nitrogens with one attached hydrogen (secondary N) is 1. The molecule has 21 heavy (non-hydrogen) atoms. The highest BCUT2D eigenvalue weighted by atomic mass is 15.3. The van der Waals surface area contributed by atoms with Crippen LogP contribution >= 0.6 is 0 Å². The third-order valence-corrected chi connectivity index (χ3v) is 3.31. The lowest BCUT2D eigenvalue weighted by atomic mass is 10.1. The van der Waals surface area contributed by atoms with E-state index < -0.39 is 0 Å². The summed E-state index contributed by atoms with van der Waals surface area (Å²) in [5, 5.41) is 7.67. The SMILES string of the molecule is CCNc1ncnc(-c2ccnn2-c2ccccc2)c1C. The van der Waals surface area contributed by atoms with Crippen molar-refractivity contribution in [2.24, 2.45) is 0 Å². The Morgan fingerprint density at radius 1 is 1.10 bits per heavy atom. The second-order valence-corrected chi connectivity index (χ2v) is 4.69. The van der Waals surface area contributed by atoms with Crippen molar-refractivity contribution < 1.29 is 0 Å². The molecule has 0 unspecified atom stereocenters. The van der Waals surface area contributed by atoms with Crippen LogP contribution in [0.1, 0.15) is 12.5 Å². The minimum absolute atomic E-state index is 0.829. The first-order valence-electron chi connectivity index (χ1n) is 6.96. The van der Waals surface area contributed by atoms with Gasteiger partial charge in [0.25, 0.3) is 0 Å². The Kier molecular flexibility index (Phi) is 3.64. The molecule has 0 atom stereocenters. The van der Waals surface area contributed by atoms with Gasteiger partial charge in [-0.05, 0) is 32.0 Å². The molecule has 0 saturated heterocycles. The second-order valence-electron chi connectivity index (χ2n) is 4.69. The first-order chi connectivity index (χ1) is 10.3. The van der Waals surface area contributed by atoms with E-state index in [1.807, 2.05) is 48.0 Å². The molecule has 0 fully saturated rings. The standard InChI is InChI=1S/C16H17N5/c1-3-17-16-12(2)15(18-11-19-16)14-9-10-20-21(14)13-7-5-4-6-8-13/h4-11H,3H2,1-2H3,(H,17,18,19). The van der Waals surface area contributed by atoms with Gasteiger partial charge in [0, 0.05) is 12.1 Å². The van der Waals surface area contributed by atoms with E-state index in [1.54, 1.807) is 12.5 Å². The van der Waals surface area contributed by atoms with Gasteiger partial charge < -0.3 is 5.32 Å². The van der Waals surface area contributed by atoms with Crippen LogP contribution in [0.2, 0.25) is 0 Å². The van der Waals surface area contributed by atoms with Crippen LogP contribution in [0.15, 0.2) is 48.9 Å². The van der Waals surface area contributed by atoms with Gasteiger partial charge in [0.15, 0.2) is 0 Å². The smallest absolute Gasteiger partial charge is 0.132 e. The zero-order chi connectivity index (χ0) is 14.7. The number of hydrogen-bond acceptors (Lipinski definition) is 4. The Labute approximate surface area is 123 Å². The van der Waals surface area contributed by atoms with E-state index >= 15 is 0 Å². The summed E-state index contributed by atoms with van der Waals surface area (Å²) in [6.07, 6.45) is 3.37. The number of aromatic nitrogens is 4. The third-order valence-electron chi connectivity index (χ3n) is 3.31. The topological polar surface area (TPSA) is 55.6 Å². The van der Waals surface area contributed by atoms with Crippen molar-refractivity contribution in [1.29, 1.82) is 0 Å². The molecule has 1 aromatic carbocycles. The van der Waals surface area contributed by atoms with Gasteiger partial charge in [0.2, 0.25) is 0 Å². The lowest BCUT2D eigenvalue weighted by Gasteiger charge is -2.12. The molecule has 3 aromatic rings. The highest BCUT2D eigenvalue weighted by Crippen LogP contribution is 2.26. The van der Waals surface area contributed by atoms with Crippen molar-refractivity contribution in [2.75, 3.05) is 11.9 Å². The molecular formula is C16H17N5. The van der Waals surface area contributed by atoms with Crippen LogP contribution in [-0.4, -0.2) is 26.3 Å². The van der Waals surface area contributed by atoms with Crippen LogP contribution in [0.4, 0.5) is 5.82 Å². The number of hydrogen-bond donors (Lipinski definition) is 1. The molecule has 0 aliphatic heterocycles. The predicted molar refractivity (Wildman–Crippen MR) is 83.5 cm³/mol. The van der Waals surface area contributed by atoms with Crippen LogP contribution in [0.3, 0.4) is 0 Å². The average Bonchev–Trinajstić information content (AvgIpc) is 3.00. The van der Waals surface area contributed by atoms with E-state index in [0.29, 0.717) is 0 Å². The Balaban J connectivity index is 2.11. The molecule has 5 nitrogen and oxygen atoms in total. The summed E-state index contributed by atoms with van der Waals surface area (Å²) in [4.78, 5) is 8.73. The summed E-state index contributed by atoms with van der Waals surface area (Å²) in [5.74, 6) is 0.864. The van der Waals surface area contributed by atoms with Crippen LogP contribution in [-0.2, 0) is 0 Å². The molecule has 0 radical (unpaired) electrons. The van der Waals surface area contributed by atoms with Crippen LogP contribution in [0.25, 0.3) is 17.1 Å². The number of para-hydroxylation sites is 1. The molecule has 0 saturated carbocycles. The van der Waals surface area contributed by atoms with Crippen molar-refractivity contribution in [3.8, 4) is 17.1 Å². The average molecular weight is 279 g/mol. The molecule has 3 rings (SSSR count). The van der Waals surface area contributed by atoms with E-state index in [2.05, 4.69) is 27.3 Å². The lowest BCUT2D eigenvalue weighted by Crippen LogP contribution is -2.06. The zero-order valence-electron chi connectivity index (χ0n) is 12.1. The van der Waals surface area contributed by atoms with Crippen molar-refractivity contribution in [3.05, 3.63) is 54.5 Å². The minimum Gasteiger partial charge on any atom is -0.370 e. The normalized spacial score (nSPS) is 10.6. The maximum Gasteiger partial charge on any atom is 0.132 e. The number of benzene rings is 1. The van der Waals surface area contributed by atoms with Gasteiger partial charge in [-0.1, -0.05) is 18.2 Å². The Morgan fingerprint density at radius 2 is 1.90 bits per heavy atom. The third kappa shape index (κ3) is 2.50. The van der Waals surface area contributed by atoms with Gasteiger partial charge in [-0.15, -0.1) is 0 Å². The van der Waals surface area contributed by atoms with Gasteiger partial charge in [0.1, 0.15) is 12.1 Å². The van der Waals surface area contributed by atoms with Crippen molar-refractivity contribution in [2.45, 2.75) is 13.8 Å². The summed E-state index contributed by atoms with van der Waals surface area (Å²) in [5.41, 5.74) is 3.89. The molecule has 0 spiro atoms. The fraction of sp³-hybridized carbons (Fsp3) is 0.188. The Morgan fingerprint density at radius 3 is 2.67 bits per heavy atom. The quantitative estimate of drug-likeness (QED) is 0.797.